The van der Waals surface area contributed by atoms with Crippen molar-refractivity contribution < 1.29 is 15.0 Å². The molecule has 0 aliphatic heterocycles. The average Bonchev–Trinajstić information content (AvgIpc) is 2.85. The van der Waals surface area contributed by atoms with Crippen molar-refractivity contribution in [2.75, 3.05) is 6.61 Å². The van der Waals surface area contributed by atoms with Crippen LogP contribution in [0.25, 0.3) is 0 Å². The van der Waals surface area contributed by atoms with E-state index in [1.165, 1.54) is 12.8 Å². The smallest absolute Gasteiger partial charge is 0.365 e. The molecule has 2 rings (SSSR count). The summed E-state index contributed by atoms with van der Waals surface area (Å²) in [6.45, 7) is 0.792. The minimum absolute atomic E-state index is 0.133. The Morgan fingerprint density at radius 1 is 1.50 bits per heavy atom. The van der Waals surface area contributed by atoms with Crippen molar-refractivity contribution in [3.05, 3.63) is 16.1 Å². The Morgan fingerprint density at radius 3 is 2.94 bits per heavy atom. The van der Waals surface area contributed by atoms with Crippen LogP contribution in [0, 0.1) is 5.92 Å². The molecule has 3 N–H and O–H groups in total. The molecule has 2 unspecified atom stereocenters. The highest BCUT2D eigenvalue weighted by Crippen LogP contribution is 2.24. The molecule has 0 radical (unpaired) electrons. The van der Waals surface area contributed by atoms with Crippen molar-refractivity contribution >= 4 is 17.3 Å². The molecule has 0 saturated heterocycles. The summed E-state index contributed by atoms with van der Waals surface area (Å²) in [5.41, 5.74) is 0.764. The maximum Gasteiger partial charge on any atom is 0.365 e. The number of aromatic nitrogens is 1. The van der Waals surface area contributed by atoms with Crippen LogP contribution in [-0.4, -0.2) is 33.8 Å². The maximum atomic E-state index is 10.7. The average molecular weight is 270 g/mol. The first-order valence-electron chi connectivity index (χ1n) is 6.22. The first kappa shape index (κ1) is 13.5. The molecule has 6 heteroatoms. The number of aliphatic hydroxyl groups excluding tert-OH is 1. The summed E-state index contributed by atoms with van der Waals surface area (Å²) in [5.74, 6) is -0.659. The van der Waals surface area contributed by atoms with E-state index in [-0.39, 0.29) is 11.6 Å². The highest BCUT2D eigenvalue weighted by molar-refractivity contribution is 7.11. The van der Waals surface area contributed by atoms with Gasteiger partial charge in [-0.25, -0.2) is 9.78 Å². The van der Waals surface area contributed by atoms with Gasteiger partial charge in [0.15, 0.2) is 0 Å². The summed E-state index contributed by atoms with van der Waals surface area (Å²) in [5, 5.41) is 23.4. The Labute approximate surface area is 110 Å². The fourth-order valence-electron chi connectivity index (χ4n) is 2.42. The fourth-order valence-corrected chi connectivity index (χ4v) is 3.07. The van der Waals surface area contributed by atoms with E-state index in [1.54, 1.807) is 5.38 Å². The number of nitrogens with one attached hydrogen (secondary N) is 1. The molecule has 1 aliphatic rings. The SMILES string of the molecule is O=C(O)c1nc(CNC2CCCCC2CO)cs1. The van der Waals surface area contributed by atoms with Gasteiger partial charge in [0.25, 0.3) is 0 Å². The van der Waals surface area contributed by atoms with Crippen LogP contribution in [0.5, 0.6) is 0 Å². The number of hydrogen-bond acceptors (Lipinski definition) is 5. The van der Waals surface area contributed by atoms with Crippen molar-refractivity contribution in [2.45, 2.75) is 38.3 Å². The van der Waals surface area contributed by atoms with E-state index in [4.69, 9.17) is 5.11 Å². The second-order valence-electron chi connectivity index (χ2n) is 4.66. The van der Waals surface area contributed by atoms with Crippen LogP contribution in [-0.2, 0) is 6.54 Å². The standard InChI is InChI=1S/C12H18N2O3S/c15-6-8-3-1-2-4-10(8)13-5-9-7-18-11(14-9)12(16)17/h7-8,10,13,15H,1-6H2,(H,16,17). The Morgan fingerprint density at radius 2 is 2.28 bits per heavy atom. The lowest BCUT2D eigenvalue weighted by atomic mass is 9.85. The summed E-state index contributed by atoms with van der Waals surface area (Å²) < 4.78 is 0. The van der Waals surface area contributed by atoms with Gasteiger partial charge >= 0.3 is 5.97 Å². The molecule has 2 atom stereocenters. The van der Waals surface area contributed by atoms with Crippen LogP contribution in [0.3, 0.4) is 0 Å². The molecule has 1 heterocycles. The zero-order valence-corrected chi connectivity index (χ0v) is 10.9. The van der Waals surface area contributed by atoms with Gasteiger partial charge in [0.2, 0.25) is 5.01 Å². The Balaban J connectivity index is 1.87. The zero-order chi connectivity index (χ0) is 13.0. The number of aliphatic hydroxyl groups is 1. The normalized spacial score (nSPS) is 24.1. The largest absolute Gasteiger partial charge is 0.476 e. The van der Waals surface area contributed by atoms with E-state index in [2.05, 4.69) is 10.3 Å². The van der Waals surface area contributed by atoms with E-state index in [0.29, 0.717) is 18.5 Å². The van der Waals surface area contributed by atoms with Crippen LogP contribution >= 0.6 is 11.3 Å². The van der Waals surface area contributed by atoms with Crippen molar-refractivity contribution in [1.82, 2.24) is 10.3 Å². The van der Waals surface area contributed by atoms with Crippen LogP contribution in [0.1, 0.15) is 41.2 Å². The lowest BCUT2D eigenvalue weighted by Gasteiger charge is -2.30. The molecule has 1 fully saturated rings. The fraction of sp³-hybridized carbons (Fsp3) is 0.667. The summed E-state index contributed by atoms with van der Waals surface area (Å²) in [7, 11) is 0. The van der Waals surface area contributed by atoms with Crippen molar-refractivity contribution in [3.63, 3.8) is 0 Å². The van der Waals surface area contributed by atoms with Crippen LogP contribution in [0.2, 0.25) is 0 Å². The molecular formula is C12H18N2O3S. The maximum absolute atomic E-state index is 10.7. The molecule has 5 nitrogen and oxygen atoms in total. The molecule has 0 amide bonds. The van der Waals surface area contributed by atoms with Gasteiger partial charge in [-0.2, -0.15) is 0 Å². The lowest BCUT2D eigenvalue weighted by molar-refractivity contribution is 0.0696. The molecule has 100 valence electrons. The lowest BCUT2D eigenvalue weighted by Crippen LogP contribution is -2.39. The Kier molecular flexibility index (Phi) is 4.68. The summed E-state index contributed by atoms with van der Waals surface area (Å²) in [4.78, 5) is 14.8. The number of hydrogen-bond donors (Lipinski definition) is 3. The highest BCUT2D eigenvalue weighted by Gasteiger charge is 2.24. The molecule has 18 heavy (non-hydrogen) atoms. The van der Waals surface area contributed by atoms with Gasteiger partial charge in [-0.15, -0.1) is 11.3 Å². The number of carboxylic acid groups (broad SMARTS) is 1. The van der Waals surface area contributed by atoms with E-state index < -0.39 is 5.97 Å². The van der Waals surface area contributed by atoms with Crippen LogP contribution in [0.4, 0.5) is 0 Å². The van der Waals surface area contributed by atoms with Gasteiger partial charge in [-0.1, -0.05) is 12.8 Å². The van der Waals surface area contributed by atoms with Gasteiger partial charge in [0.05, 0.1) is 5.69 Å². The zero-order valence-electron chi connectivity index (χ0n) is 10.1. The third-order valence-corrected chi connectivity index (χ3v) is 4.30. The number of rotatable bonds is 5. The minimum atomic E-state index is -0.975. The van der Waals surface area contributed by atoms with E-state index >= 15 is 0 Å². The van der Waals surface area contributed by atoms with Crippen LogP contribution < -0.4 is 5.32 Å². The monoisotopic (exact) mass is 270 g/mol. The van der Waals surface area contributed by atoms with Gasteiger partial charge < -0.3 is 15.5 Å². The van der Waals surface area contributed by atoms with Gasteiger partial charge in [-0.3, -0.25) is 0 Å². The quantitative estimate of drug-likeness (QED) is 0.755. The topological polar surface area (TPSA) is 82.5 Å². The van der Waals surface area contributed by atoms with Gasteiger partial charge in [-0.05, 0) is 18.8 Å². The van der Waals surface area contributed by atoms with E-state index in [9.17, 15) is 9.90 Å². The minimum Gasteiger partial charge on any atom is -0.476 e. The first-order chi connectivity index (χ1) is 8.70. The molecule has 1 saturated carbocycles. The number of aromatic carboxylic acids is 1. The van der Waals surface area contributed by atoms with Crippen LogP contribution in [0.15, 0.2) is 5.38 Å². The molecule has 0 aromatic carbocycles. The number of carbonyl (C=O) groups is 1. The molecule has 1 aromatic rings. The summed E-state index contributed by atoms with van der Waals surface area (Å²) in [6.07, 6.45) is 4.50. The highest BCUT2D eigenvalue weighted by atomic mass is 32.1. The molecule has 0 bridgehead atoms. The second kappa shape index (κ2) is 6.26. The molecule has 1 aliphatic carbocycles. The Hall–Kier alpha value is -0.980. The summed E-state index contributed by atoms with van der Waals surface area (Å²) >= 11 is 1.15. The van der Waals surface area contributed by atoms with E-state index in [0.717, 1.165) is 29.9 Å². The summed E-state index contributed by atoms with van der Waals surface area (Å²) in [6, 6.07) is 0.318. The second-order valence-corrected chi connectivity index (χ2v) is 5.52. The van der Waals surface area contributed by atoms with Gasteiger partial charge in [0.1, 0.15) is 0 Å². The predicted molar refractivity (Wildman–Crippen MR) is 68.7 cm³/mol. The third-order valence-electron chi connectivity index (χ3n) is 3.42. The van der Waals surface area contributed by atoms with Gasteiger partial charge in [0, 0.05) is 24.6 Å². The molecular weight excluding hydrogens is 252 g/mol. The molecule has 0 spiro atoms. The van der Waals surface area contributed by atoms with Crippen molar-refractivity contribution in [3.8, 4) is 0 Å². The Bertz CT molecular complexity index is 408. The first-order valence-corrected chi connectivity index (χ1v) is 7.10. The number of carboxylic acids is 1. The number of thiazole rings is 1. The van der Waals surface area contributed by atoms with Crippen molar-refractivity contribution in [1.29, 1.82) is 0 Å². The third kappa shape index (κ3) is 3.28. The van der Waals surface area contributed by atoms with Crippen molar-refractivity contribution in [2.24, 2.45) is 5.92 Å². The van der Waals surface area contributed by atoms with E-state index in [1.807, 2.05) is 0 Å². The number of nitrogens with zero attached hydrogens (tertiary/aromatic N) is 1. The predicted octanol–water partition coefficient (Wildman–Crippen LogP) is 1.48. The molecule has 1 aromatic heterocycles.